The van der Waals surface area contributed by atoms with Gasteiger partial charge in [-0.1, -0.05) is 105 Å². The van der Waals surface area contributed by atoms with E-state index in [-0.39, 0.29) is 35.5 Å². The molecule has 0 aliphatic heterocycles. The van der Waals surface area contributed by atoms with Crippen LogP contribution in [0.2, 0.25) is 15.1 Å². The maximum atomic E-state index is 11.4. The number of pyridine rings is 8. The molecule has 3 aromatic carbocycles. The number of fused-ring (bicyclic) bond motifs is 4. The van der Waals surface area contributed by atoms with Crippen LogP contribution >= 0.6 is 193 Å². The first-order valence-electron chi connectivity index (χ1n) is 36.0. The fourth-order valence-corrected chi connectivity index (χ4v) is 13.2. The van der Waals surface area contributed by atoms with Gasteiger partial charge in [0.2, 0.25) is 17.7 Å². The van der Waals surface area contributed by atoms with Crippen molar-refractivity contribution in [2.75, 3.05) is 74.6 Å². The molecule has 15 aromatic rings. The number of benzene rings is 3. The Morgan fingerprint density at radius 1 is 0.523 bits per heavy atom. The summed E-state index contributed by atoms with van der Waals surface area (Å²) in [5.74, 6) is 1.19. The second kappa shape index (κ2) is 59.8. The number of nitrogens with zero attached hydrogens (tertiary/aromatic N) is 14. The molecule has 50 heteroatoms. The van der Waals surface area contributed by atoms with Crippen LogP contribution in [0, 0.1) is 10.1 Å². The molecule has 0 unspecified atom stereocenters. The number of nitro groups is 1. The van der Waals surface area contributed by atoms with E-state index in [0.717, 1.165) is 65.8 Å². The number of thiol groups is 1. The topological polar surface area (TPSA) is 505 Å². The molecule has 3 amide bonds. The molecule has 0 saturated carbocycles. The van der Waals surface area contributed by atoms with E-state index in [1.54, 1.807) is 85.8 Å². The number of halogens is 13. The molecule has 0 spiro atoms. The molecule has 12 heterocycles. The van der Waals surface area contributed by atoms with E-state index in [1.165, 1.54) is 33.0 Å². The summed E-state index contributed by atoms with van der Waals surface area (Å²) in [7, 11) is 12.7. The van der Waals surface area contributed by atoms with Crippen molar-refractivity contribution in [2.24, 2.45) is 4.30 Å². The summed E-state index contributed by atoms with van der Waals surface area (Å²) in [6.45, 7) is 9.73. The van der Waals surface area contributed by atoms with Crippen LogP contribution in [0.25, 0.3) is 44.8 Å². The molecule has 128 heavy (non-hydrogen) atoms. The summed E-state index contributed by atoms with van der Waals surface area (Å²) in [5, 5.41) is 38.4. The summed E-state index contributed by atoms with van der Waals surface area (Å²) < 4.78 is 26.0. The van der Waals surface area contributed by atoms with E-state index in [1.807, 2.05) is 154 Å². The van der Waals surface area contributed by atoms with Gasteiger partial charge in [-0.05, 0) is 180 Å². The number of anilines is 10. The number of alkyl halides is 1. The van der Waals surface area contributed by atoms with Gasteiger partial charge in [-0.2, -0.15) is 0 Å². The second-order valence-corrected chi connectivity index (χ2v) is 36.7. The third-order valence-corrected chi connectivity index (χ3v) is 20.3. The molecule has 33 nitrogen and oxygen atoms in total. The van der Waals surface area contributed by atoms with Crippen molar-refractivity contribution in [1.82, 2.24) is 57.5 Å². The van der Waals surface area contributed by atoms with Crippen molar-refractivity contribution in [3.63, 3.8) is 0 Å². The molecule has 0 atom stereocenters. The number of amides is 3. The molecular weight excluding hydrogens is 2410 g/mol. The Morgan fingerprint density at radius 2 is 0.922 bits per heavy atom. The van der Waals surface area contributed by atoms with E-state index < -0.39 is 30.9 Å². The molecule has 3 radical (unpaired) electrons. The molecule has 0 saturated heterocycles. The summed E-state index contributed by atoms with van der Waals surface area (Å²) in [6, 6.07) is 37.2. The molecule has 0 bridgehead atoms. The normalized spacial score (nSPS) is 9.95. The van der Waals surface area contributed by atoms with Gasteiger partial charge < -0.3 is 88.8 Å². The minimum absolute atomic E-state index is 0.0694. The first-order chi connectivity index (χ1) is 60.8. The van der Waals surface area contributed by atoms with Crippen LogP contribution in [0.4, 0.5) is 63.1 Å². The SMILES string of the molecule is CC(=O)Nc1cc(-c2ccccc2Cl)cn2c(Br)cnc12.CC(=O)Nc1cc(-c2ccccc2Cl)cn2ccnc12.CC(=O)Nc1cc(Br)cn2ccnc12.CCOC(CBr)OCC.Nc1cc(Br)cn2ccnc12.Nc1cc(N)c(Br)cn1.Nc1cc(N)c(Br)cn1.Nc1cc([N+](=O)[O-])c(Br)cn1.Nc1ccc(Br)cn1.OB(O)c1ccccc1Cl.[B]=NS.[Cl][Sn][Cl]. The predicted molar refractivity (Wildman–Crippen MR) is 550 cm³/mol. The predicted octanol–water partition coefficient (Wildman–Crippen LogP) is 19.5. The molecule has 12 aromatic heterocycles. The molecule has 19 N–H and O–H groups in total. The third-order valence-electron chi connectivity index (χ3n) is 14.9. The van der Waals surface area contributed by atoms with Crippen molar-refractivity contribution < 1.29 is 38.8 Å². The molecule has 671 valence electrons. The fraction of sp³-hybridized carbons (Fsp3) is 0.115. The Balaban J connectivity index is 0.000000301. The fourth-order valence-electron chi connectivity index (χ4n) is 9.75. The van der Waals surface area contributed by atoms with Crippen LogP contribution in [-0.2, 0) is 23.9 Å². The van der Waals surface area contributed by atoms with Gasteiger partial charge in [-0.3, -0.25) is 28.9 Å². The minimum atomic E-state index is -1.48. The van der Waals surface area contributed by atoms with E-state index in [4.69, 9.17) is 112 Å². The van der Waals surface area contributed by atoms with E-state index in [0.29, 0.717) is 101 Å². The Bertz CT molecular complexity index is 6030. The standard InChI is InChI=1S/C15H11BrClN3O.C15H12ClN3O.C9H8BrN3O.C7H6BrN3.C6H6BClO2.C6H13BrO2.C5H4BrN3O2.2C5H6BrN3.C5H5BrN2.BHNS.2ClH.Sn/c1-9(21)19-13-6-10(11-4-2-3-5-12(11)17)8-20-14(16)7-18-15(13)20;1-10(20)18-14-8-11(9-19-7-6-17-15(14)19)12-4-2-3-5-13(12)16;1-6(14)12-8-4-7(10)5-13-3-2-11-9(8)13;8-5-3-6(9)7-10-1-2-11(7)4-5;8-6-4-2-1-3-5(6)7(9)10;1-3-8-6(5-7)9-4-2;6-3-2-8-5(7)1-4(3)9(10)11;2*6-3-2-9-5(8)1-4(3)7;6-4-1-2-5(7)8-3-4;1-2-3;;;/h2-8H,1H3,(H,19,21);2-9H,1H3,(H,18,20);2-5H,1H3,(H,12,14);1-4H,9H2;1-4,9-10H;6H,3-5H2,1-2H3;1-2H,(H2,7,8);2*1-2H,(H4,7,8,9);1-3H,(H2,7,8);3H;2*1H;/q;;;;;;;;;;;;;+2/p-2. The monoisotopic (exact) mass is 2470 g/mol. The number of nitrogens with two attached hydrogens (primary N) is 7. The van der Waals surface area contributed by atoms with Crippen LogP contribution < -0.4 is 61.5 Å². The Hall–Kier alpha value is -8.36. The number of carbonyl (C=O) groups is 3. The van der Waals surface area contributed by atoms with Gasteiger partial charge in [-0.15, -0.1) is 0 Å². The van der Waals surface area contributed by atoms with Crippen molar-refractivity contribution in [3.05, 3.63) is 277 Å². The van der Waals surface area contributed by atoms with Gasteiger partial charge in [0.25, 0.3) is 5.69 Å². The molecule has 0 aliphatic rings. The second-order valence-electron chi connectivity index (χ2n) is 24.3. The number of nitrogens with one attached hydrogen (secondary N) is 3. The van der Waals surface area contributed by atoms with Gasteiger partial charge in [0, 0.05) is 183 Å². The number of imidazole rings is 4. The maximum absolute atomic E-state index is 11.4. The summed E-state index contributed by atoms with van der Waals surface area (Å²) >= 11 is 46.4. The first-order valence-corrected chi connectivity index (χ1v) is 51.4. The van der Waals surface area contributed by atoms with Crippen molar-refractivity contribution in [2.45, 2.75) is 40.9 Å². The van der Waals surface area contributed by atoms with Crippen LogP contribution in [0.3, 0.4) is 0 Å². The number of ether oxygens (including phenoxy) is 2. The van der Waals surface area contributed by atoms with Gasteiger partial charge in [-0.25, -0.2) is 39.9 Å². The summed E-state index contributed by atoms with van der Waals surface area (Å²) in [5.41, 5.74) is 48.5. The number of nitrogen functional groups attached to an aromatic ring is 7. The average molecular weight is 2480 g/mol. The first kappa shape index (κ1) is 112. The molecule has 15 rings (SSSR count). The summed E-state index contributed by atoms with van der Waals surface area (Å²) in [4.78, 5) is 75.2. The average Bonchev–Trinajstić information content (AvgIpc) is 1.61. The van der Waals surface area contributed by atoms with Crippen LogP contribution in [0.15, 0.2) is 256 Å². The quantitative estimate of drug-likeness (QED) is 0.0135. The van der Waals surface area contributed by atoms with Crippen LogP contribution in [-0.4, -0.2) is 149 Å². The van der Waals surface area contributed by atoms with Crippen LogP contribution in [0.5, 0.6) is 0 Å². The molecule has 0 fully saturated rings. The zero-order valence-corrected chi connectivity index (χ0v) is 87.8. The zero-order valence-electron chi connectivity index (χ0n) is 67.6. The number of carbonyl (C=O) groups excluding carboxylic acids is 3. The number of rotatable bonds is 12. The molecule has 0 aliphatic carbocycles. The number of hydrogen-bond acceptors (Lipinski definition) is 26. The summed E-state index contributed by atoms with van der Waals surface area (Å²) in [6.07, 6.45) is 26.0. The Morgan fingerprint density at radius 3 is 1.31 bits per heavy atom. The van der Waals surface area contributed by atoms with E-state index in [9.17, 15) is 24.5 Å². The number of hydrogen-bond donors (Lipinski definition) is 13. The third kappa shape index (κ3) is 39.8. The van der Waals surface area contributed by atoms with Crippen LogP contribution in [0.1, 0.15) is 34.6 Å². The van der Waals surface area contributed by atoms with Crippen molar-refractivity contribution in [1.29, 1.82) is 0 Å². The Labute approximate surface area is 841 Å². The Kier molecular flexibility index (Phi) is 52.3. The van der Waals surface area contributed by atoms with Gasteiger partial charge >= 0.3 is 68.6 Å². The van der Waals surface area contributed by atoms with Gasteiger partial charge in [0.15, 0.2) is 28.9 Å². The van der Waals surface area contributed by atoms with Gasteiger partial charge in [0.1, 0.15) is 32.3 Å². The number of aromatic nitrogens is 12. The molecular formula is C78H78B2Br8Cl5N24O9SSn. The van der Waals surface area contributed by atoms with Gasteiger partial charge in [0.05, 0.1) is 71.8 Å². The van der Waals surface area contributed by atoms with Crippen molar-refractivity contribution >= 4 is 335 Å². The van der Waals surface area contributed by atoms with E-state index in [2.05, 4.69) is 208 Å². The van der Waals surface area contributed by atoms with E-state index >= 15 is 0 Å². The zero-order chi connectivity index (χ0) is 95.3. The van der Waals surface area contributed by atoms with Crippen molar-refractivity contribution in [3.8, 4) is 22.3 Å².